The van der Waals surface area contributed by atoms with E-state index >= 15 is 0 Å². The van der Waals surface area contributed by atoms with Crippen LogP contribution >= 0.6 is 0 Å². The second kappa shape index (κ2) is 5.11. The van der Waals surface area contributed by atoms with E-state index in [1.165, 1.54) is 0 Å². The standard InChI is InChI=1S/C15H21NO2/c1-11-10-13(4-5-14(11)18-3)15(12(2)17)6-8-16-9-7-15/h4-5,10,16H,6-9H2,1-3H3. The van der Waals surface area contributed by atoms with E-state index in [2.05, 4.69) is 11.4 Å². The minimum atomic E-state index is -0.303. The van der Waals surface area contributed by atoms with Crippen LogP contribution in [0.15, 0.2) is 18.2 Å². The first-order valence-electron chi connectivity index (χ1n) is 6.47. The Kier molecular flexibility index (Phi) is 3.71. The van der Waals surface area contributed by atoms with Crippen molar-refractivity contribution in [2.45, 2.75) is 32.1 Å². The molecule has 0 amide bonds. The van der Waals surface area contributed by atoms with Crippen molar-refractivity contribution in [2.24, 2.45) is 0 Å². The lowest BCUT2D eigenvalue weighted by Crippen LogP contribution is -2.44. The van der Waals surface area contributed by atoms with Gasteiger partial charge in [-0.15, -0.1) is 0 Å². The van der Waals surface area contributed by atoms with Crippen molar-refractivity contribution in [3.05, 3.63) is 29.3 Å². The monoisotopic (exact) mass is 247 g/mol. The molecule has 1 aromatic carbocycles. The Balaban J connectivity index is 2.43. The number of aryl methyl sites for hydroxylation is 1. The summed E-state index contributed by atoms with van der Waals surface area (Å²) < 4.78 is 5.28. The summed E-state index contributed by atoms with van der Waals surface area (Å²) >= 11 is 0. The molecule has 1 heterocycles. The summed E-state index contributed by atoms with van der Waals surface area (Å²) in [7, 11) is 1.67. The van der Waals surface area contributed by atoms with Gasteiger partial charge >= 0.3 is 0 Å². The highest BCUT2D eigenvalue weighted by molar-refractivity contribution is 5.88. The molecule has 0 spiro atoms. The third-order valence-corrected chi connectivity index (χ3v) is 4.08. The molecule has 0 bridgehead atoms. The lowest BCUT2D eigenvalue weighted by Gasteiger charge is -2.36. The zero-order valence-electron chi connectivity index (χ0n) is 11.4. The van der Waals surface area contributed by atoms with E-state index in [1.54, 1.807) is 14.0 Å². The van der Waals surface area contributed by atoms with Gasteiger partial charge in [-0.2, -0.15) is 0 Å². The molecule has 1 aliphatic heterocycles. The minimum absolute atomic E-state index is 0.272. The molecule has 0 atom stereocenters. The molecule has 0 aliphatic carbocycles. The lowest BCUT2D eigenvalue weighted by atomic mass is 9.70. The summed E-state index contributed by atoms with van der Waals surface area (Å²) in [5, 5.41) is 3.32. The summed E-state index contributed by atoms with van der Waals surface area (Å²) in [6.45, 7) is 5.55. The molecule has 0 aromatic heterocycles. The van der Waals surface area contributed by atoms with Gasteiger partial charge < -0.3 is 10.1 Å². The van der Waals surface area contributed by atoms with Crippen LogP contribution in [0.3, 0.4) is 0 Å². The molecule has 1 N–H and O–H groups in total. The van der Waals surface area contributed by atoms with Crippen LogP contribution in [0.2, 0.25) is 0 Å². The maximum atomic E-state index is 12.1. The molecular formula is C15H21NO2. The maximum absolute atomic E-state index is 12.1. The molecule has 0 unspecified atom stereocenters. The SMILES string of the molecule is COc1ccc(C2(C(C)=O)CCNCC2)cc1C. The third kappa shape index (κ3) is 2.15. The molecule has 0 radical (unpaired) electrons. The van der Waals surface area contributed by atoms with E-state index < -0.39 is 0 Å². The molecule has 1 saturated heterocycles. The second-order valence-corrected chi connectivity index (χ2v) is 5.07. The molecule has 3 heteroatoms. The zero-order chi connectivity index (χ0) is 13.2. The van der Waals surface area contributed by atoms with E-state index in [9.17, 15) is 4.79 Å². The van der Waals surface area contributed by atoms with Crippen LogP contribution in [0, 0.1) is 6.92 Å². The van der Waals surface area contributed by atoms with Crippen LogP contribution in [0.5, 0.6) is 5.75 Å². The van der Waals surface area contributed by atoms with E-state index in [-0.39, 0.29) is 11.2 Å². The van der Waals surface area contributed by atoms with Gasteiger partial charge in [-0.25, -0.2) is 0 Å². The number of carbonyl (C=O) groups is 1. The first-order valence-corrected chi connectivity index (χ1v) is 6.47. The predicted molar refractivity (Wildman–Crippen MR) is 72.2 cm³/mol. The number of nitrogens with one attached hydrogen (secondary N) is 1. The number of carbonyl (C=O) groups excluding carboxylic acids is 1. The van der Waals surface area contributed by atoms with Crippen molar-refractivity contribution < 1.29 is 9.53 Å². The van der Waals surface area contributed by atoms with Gasteiger partial charge in [-0.1, -0.05) is 12.1 Å². The van der Waals surface area contributed by atoms with Crippen LogP contribution in [-0.2, 0) is 10.2 Å². The fraction of sp³-hybridized carbons (Fsp3) is 0.533. The number of hydrogen-bond acceptors (Lipinski definition) is 3. The molecule has 1 aromatic rings. The maximum Gasteiger partial charge on any atom is 0.140 e. The minimum Gasteiger partial charge on any atom is -0.496 e. The molecule has 1 fully saturated rings. The molecular weight excluding hydrogens is 226 g/mol. The van der Waals surface area contributed by atoms with Crippen LogP contribution in [0.25, 0.3) is 0 Å². The average Bonchev–Trinajstić information content (AvgIpc) is 2.39. The van der Waals surface area contributed by atoms with Crippen molar-refractivity contribution in [1.82, 2.24) is 5.32 Å². The Labute approximate surface area is 109 Å². The van der Waals surface area contributed by atoms with Crippen molar-refractivity contribution >= 4 is 5.78 Å². The number of hydrogen-bond donors (Lipinski definition) is 1. The van der Waals surface area contributed by atoms with Gasteiger partial charge in [-0.3, -0.25) is 4.79 Å². The second-order valence-electron chi connectivity index (χ2n) is 5.07. The van der Waals surface area contributed by atoms with Gasteiger partial charge in [0.25, 0.3) is 0 Å². The molecule has 98 valence electrons. The van der Waals surface area contributed by atoms with Crippen LogP contribution in [-0.4, -0.2) is 26.0 Å². The van der Waals surface area contributed by atoms with Crippen molar-refractivity contribution in [3.8, 4) is 5.75 Å². The molecule has 1 aliphatic rings. The lowest BCUT2D eigenvalue weighted by molar-refractivity contribution is -0.123. The van der Waals surface area contributed by atoms with Crippen molar-refractivity contribution in [2.75, 3.05) is 20.2 Å². The van der Waals surface area contributed by atoms with Crippen LogP contribution in [0.4, 0.5) is 0 Å². The van der Waals surface area contributed by atoms with E-state index in [0.717, 1.165) is 42.8 Å². The fourth-order valence-electron chi connectivity index (χ4n) is 2.87. The smallest absolute Gasteiger partial charge is 0.140 e. The molecule has 2 rings (SSSR count). The Hall–Kier alpha value is -1.35. The Bertz CT molecular complexity index is 448. The van der Waals surface area contributed by atoms with E-state index in [4.69, 9.17) is 4.74 Å². The molecule has 18 heavy (non-hydrogen) atoms. The number of Topliss-reactive ketones (excluding diaryl/α,β-unsaturated/α-hetero) is 1. The van der Waals surface area contributed by atoms with Crippen molar-refractivity contribution in [3.63, 3.8) is 0 Å². The zero-order valence-corrected chi connectivity index (χ0v) is 11.4. The van der Waals surface area contributed by atoms with Gasteiger partial charge in [0, 0.05) is 0 Å². The van der Waals surface area contributed by atoms with Gasteiger partial charge in [-0.05, 0) is 57.0 Å². The normalized spacial score (nSPS) is 18.4. The highest BCUT2D eigenvalue weighted by atomic mass is 16.5. The summed E-state index contributed by atoms with van der Waals surface area (Å²) in [6, 6.07) is 6.11. The highest BCUT2D eigenvalue weighted by Crippen LogP contribution is 2.36. The van der Waals surface area contributed by atoms with E-state index in [0.29, 0.717) is 0 Å². The summed E-state index contributed by atoms with van der Waals surface area (Å²) in [5.41, 5.74) is 1.92. The van der Waals surface area contributed by atoms with Gasteiger partial charge in [0.1, 0.15) is 11.5 Å². The quantitative estimate of drug-likeness (QED) is 0.890. The Morgan fingerprint density at radius 2 is 2.00 bits per heavy atom. The number of rotatable bonds is 3. The van der Waals surface area contributed by atoms with Crippen LogP contribution in [0.1, 0.15) is 30.9 Å². The number of benzene rings is 1. The number of ether oxygens (including phenoxy) is 1. The number of ketones is 1. The summed E-state index contributed by atoms with van der Waals surface area (Å²) in [6.07, 6.45) is 1.77. The Morgan fingerprint density at radius 3 is 2.50 bits per heavy atom. The first kappa shape index (κ1) is 13.1. The third-order valence-electron chi connectivity index (χ3n) is 4.08. The van der Waals surface area contributed by atoms with Gasteiger partial charge in [0.15, 0.2) is 0 Å². The predicted octanol–water partition coefficient (Wildman–Crippen LogP) is 2.21. The Morgan fingerprint density at radius 1 is 1.33 bits per heavy atom. The summed E-state index contributed by atoms with van der Waals surface area (Å²) in [5.74, 6) is 1.15. The summed E-state index contributed by atoms with van der Waals surface area (Å²) in [4.78, 5) is 12.1. The van der Waals surface area contributed by atoms with Gasteiger partial charge in [0.2, 0.25) is 0 Å². The van der Waals surface area contributed by atoms with Crippen molar-refractivity contribution in [1.29, 1.82) is 0 Å². The fourth-order valence-corrected chi connectivity index (χ4v) is 2.87. The van der Waals surface area contributed by atoms with E-state index in [1.807, 2.05) is 19.1 Å². The number of methoxy groups -OCH3 is 1. The number of piperidine rings is 1. The average molecular weight is 247 g/mol. The molecule has 3 nitrogen and oxygen atoms in total. The highest BCUT2D eigenvalue weighted by Gasteiger charge is 2.38. The van der Waals surface area contributed by atoms with Crippen LogP contribution < -0.4 is 10.1 Å². The first-order chi connectivity index (χ1) is 8.60. The molecule has 0 saturated carbocycles. The topological polar surface area (TPSA) is 38.3 Å². The van der Waals surface area contributed by atoms with Gasteiger partial charge in [0.05, 0.1) is 12.5 Å². The largest absolute Gasteiger partial charge is 0.496 e.